The van der Waals surface area contributed by atoms with Crippen molar-refractivity contribution in [3.63, 3.8) is 0 Å². The first kappa shape index (κ1) is 27.2. The summed E-state index contributed by atoms with van der Waals surface area (Å²) < 4.78 is 52.5. The van der Waals surface area contributed by atoms with E-state index in [0.717, 1.165) is 37.3 Å². The number of rotatable bonds is 7. The molecule has 2 aromatic carbocycles. The lowest BCUT2D eigenvalue weighted by Gasteiger charge is -2.36. The van der Waals surface area contributed by atoms with Crippen molar-refractivity contribution in [2.24, 2.45) is 0 Å². The number of hydrogen-bond acceptors (Lipinski definition) is 5. The molecular formula is C21H27Cl2F3N2O3. The molecule has 1 saturated heterocycles. The maximum atomic E-state index is 12.5. The summed E-state index contributed by atoms with van der Waals surface area (Å²) in [7, 11) is 1.59. The van der Waals surface area contributed by atoms with Gasteiger partial charge in [0.15, 0.2) is 11.5 Å². The highest BCUT2D eigenvalue weighted by molar-refractivity contribution is 5.85. The molecule has 5 nitrogen and oxygen atoms in total. The number of nitrogens with zero attached hydrogens (tertiary/aromatic N) is 1. The van der Waals surface area contributed by atoms with Gasteiger partial charge >= 0.3 is 6.36 Å². The van der Waals surface area contributed by atoms with Crippen molar-refractivity contribution in [3.05, 3.63) is 53.6 Å². The van der Waals surface area contributed by atoms with Crippen LogP contribution < -0.4 is 19.5 Å². The maximum Gasteiger partial charge on any atom is 0.573 e. The van der Waals surface area contributed by atoms with Gasteiger partial charge in [-0.15, -0.1) is 38.0 Å². The number of piperazine rings is 1. The lowest BCUT2D eigenvalue weighted by molar-refractivity contribution is -0.274. The van der Waals surface area contributed by atoms with Crippen molar-refractivity contribution in [3.8, 4) is 17.2 Å². The molecule has 10 heteroatoms. The molecule has 3 rings (SSSR count). The molecule has 0 aromatic heterocycles. The Morgan fingerprint density at radius 3 is 2.13 bits per heavy atom. The molecule has 0 spiro atoms. The topological polar surface area (TPSA) is 43.0 Å². The summed E-state index contributed by atoms with van der Waals surface area (Å²) in [5, 5.41) is 3.32. The van der Waals surface area contributed by atoms with Crippen LogP contribution in [0.4, 0.5) is 13.2 Å². The van der Waals surface area contributed by atoms with Crippen molar-refractivity contribution in [1.82, 2.24) is 10.2 Å². The second-order valence-corrected chi connectivity index (χ2v) is 6.65. The van der Waals surface area contributed by atoms with Crippen LogP contribution in [0.15, 0.2) is 42.5 Å². The van der Waals surface area contributed by atoms with E-state index in [2.05, 4.69) is 15.0 Å². The van der Waals surface area contributed by atoms with E-state index in [1.807, 2.05) is 25.1 Å². The third kappa shape index (κ3) is 7.35. The minimum atomic E-state index is -4.71. The molecule has 1 heterocycles. The molecule has 0 aliphatic carbocycles. The molecule has 1 aliphatic rings. The smallest absolute Gasteiger partial charge is 0.493 e. The minimum absolute atomic E-state index is 0. The molecule has 2 aromatic rings. The molecule has 0 unspecified atom stereocenters. The number of nitrogens with one attached hydrogen (secondary N) is 1. The van der Waals surface area contributed by atoms with Gasteiger partial charge in [-0.05, 0) is 42.3 Å². The average Bonchev–Trinajstić information content (AvgIpc) is 2.70. The van der Waals surface area contributed by atoms with Crippen LogP contribution in [0.5, 0.6) is 17.2 Å². The van der Waals surface area contributed by atoms with Crippen LogP contribution in [0, 0.1) is 0 Å². The van der Waals surface area contributed by atoms with Crippen molar-refractivity contribution in [2.45, 2.75) is 19.3 Å². The third-order valence-corrected chi connectivity index (χ3v) is 4.75. The number of hydrogen-bond donors (Lipinski definition) is 1. The van der Waals surface area contributed by atoms with Crippen LogP contribution in [0.2, 0.25) is 0 Å². The van der Waals surface area contributed by atoms with E-state index in [1.54, 1.807) is 19.2 Å². The van der Waals surface area contributed by atoms with E-state index in [-0.39, 0.29) is 36.6 Å². The van der Waals surface area contributed by atoms with Crippen molar-refractivity contribution < 1.29 is 27.4 Å². The van der Waals surface area contributed by atoms with Gasteiger partial charge < -0.3 is 19.5 Å². The predicted molar refractivity (Wildman–Crippen MR) is 118 cm³/mol. The highest BCUT2D eigenvalue weighted by atomic mass is 35.5. The summed E-state index contributed by atoms with van der Waals surface area (Å²) in [6, 6.07) is 11.7. The number of benzene rings is 2. The molecule has 1 atom stereocenters. The van der Waals surface area contributed by atoms with Crippen LogP contribution >= 0.6 is 24.8 Å². The quantitative estimate of drug-likeness (QED) is 0.611. The standard InChI is InChI=1S/C21H25F3N2O3.2ClH/c1-3-28-18-9-6-16(14-19(18)27-2)20(26-12-10-25-11-13-26)15-4-7-17(8-5-15)29-21(22,23)24;;/h4-9,14,20,25H,3,10-13H2,1-2H3;2*1H/t20-;;/m1../s1. The summed E-state index contributed by atoms with van der Waals surface area (Å²) in [5.41, 5.74) is 1.87. The first-order chi connectivity index (χ1) is 13.9. The van der Waals surface area contributed by atoms with Gasteiger partial charge in [-0.2, -0.15) is 0 Å². The van der Waals surface area contributed by atoms with E-state index in [0.29, 0.717) is 18.1 Å². The fourth-order valence-electron chi connectivity index (χ4n) is 3.54. The van der Waals surface area contributed by atoms with Crippen LogP contribution in [0.3, 0.4) is 0 Å². The monoisotopic (exact) mass is 482 g/mol. The summed E-state index contributed by atoms with van der Waals surface area (Å²) in [4.78, 5) is 2.30. The number of ether oxygens (including phenoxy) is 3. The van der Waals surface area contributed by atoms with Gasteiger partial charge in [0, 0.05) is 26.2 Å². The van der Waals surface area contributed by atoms with Gasteiger partial charge in [-0.1, -0.05) is 18.2 Å². The van der Waals surface area contributed by atoms with Crippen LogP contribution in [-0.4, -0.2) is 51.2 Å². The van der Waals surface area contributed by atoms with Crippen LogP contribution in [-0.2, 0) is 0 Å². The predicted octanol–water partition coefficient (Wildman–Crippen LogP) is 4.83. The normalized spacial score (nSPS) is 15.3. The van der Waals surface area contributed by atoms with E-state index in [9.17, 15) is 13.2 Å². The Bertz CT molecular complexity index is 801. The Morgan fingerprint density at radius 1 is 0.968 bits per heavy atom. The Hall–Kier alpha value is -1.87. The van der Waals surface area contributed by atoms with Crippen molar-refractivity contribution in [1.29, 1.82) is 0 Å². The minimum Gasteiger partial charge on any atom is -0.493 e. The third-order valence-electron chi connectivity index (χ3n) is 4.75. The number of alkyl halides is 3. The molecule has 1 fully saturated rings. The van der Waals surface area contributed by atoms with Gasteiger partial charge in [0.2, 0.25) is 0 Å². The largest absolute Gasteiger partial charge is 0.573 e. The summed E-state index contributed by atoms with van der Waals surface area (Å²) >= 11 is 0. The summed E-state index contributed by atoms with van der Waals surface area (Å²) in [6.45, 7) is 5.76. The van der Waals surface area contributed by atoms with Gasteiger partial charge in [-0.3, -0.25) is 4.90 Å². The van der Waals surface area contributed by atoms with E-state index < -0.39 is 6.36 Å². The molecule has 31 heavy (non-hydrogen) atoms. The molecule has 0 saturated carbocycles. The molecule has 0 bridgehead atoms. The summed E-state index contributed by atoms with van der Waals surface area (Å²) in [6.07, 6.45) is -4.71. The zero-order valence-corrected chi connectivity index (χ0v) is 18.9. The number of methoxy groups -OCH3 is 1. The highest BCUT2D eigenvalue weighted by Crippen LogP contribution is 2.36. The Balaban J connectivity index is 0.00000240. The number of halogens is 5. The van der Waals surface area contributed by atoms with E-state index in [4.69, 9.17) is 9.47 Å². The lowest BCUT2D eigenvalue weighted by Crippen LogP contribution is -2.45. The molecule has 1 aliphatic heterocycles. The second-order valence-electron chi connectivity index (χ2n) is 6.65. The fraction of sp³-hybridized carbons (Fsp3) is 0.429. The van der Waals surface area contributed by atoms with Gasteiger partial charge in [0.1, 0.15) is 5.75 Å². The van der Waals surface area contributed by atoms with Gasteiger partial charge in [0.25, 0.3) is 0 Å². The highest BCUT2D eigenvalue weighted by Gasteiger charge is 2.31. The molecule has 0 amide bonds. The Labute approximate surface area is 192 Å². The van der Waals surface area contributed by atoms with Crippen LogP contribution in [0.1, 0.15) is 24.1 Å². The average molecular weight is 483 g/mol. The van der Waals surface area contributed by atoms with Crippen molar-refractivity contribution >= 4 is 24.8 Å². The van der Waals surface area contributed by atoms with Gasteiger partial charge in [-0.25, -0.2) is 0 Å². The molecule has 1 N–H and O–H groups in total. The van der Waals surface area contributed by atoms with Crippen LogP contribution in [0.25, 0.3) is 0 Å². The Morgan fingerprint density at radius 2 is 1.58 bits per heavy atom. The maximum absolute atomic E-state index is 12.5. The van der Waals surface area contributed by atoms with E-state index in [1.165, 1.54) is 12.1 Å². The first-order valence-corrected chi connectivity index (χ1v) is 9.52. The van der Waals surface area contributed by atoms with E-state index >= 15 is 0 Å². The first-order valence-electron chi connectivity index (χ1n) is 9.52. The zero-order valence-electron chi connectivity index (χ0n) is 17.3. The molecular weight excluding hydrogens is 456 g/mol. The molecule has 0 radical (unpaired) electrons. The second kappa shape index (κ2) is 12.2. The Kier molecular flexibility index (Phi) is 10.7. The lowest BCUT2D eigenvalue weighted by atomic mass is 9.96. The SMILES string of the molecule is CCOc1ccc([C@@H](c2ccc(OC(F)(F)F)cc2)N2CCNCC2)cc1OC.Cl.Cl. The molecule has 174 valence electrons. The van der Waals surface area contributed by atoms with Crippen molar-refractivity contribution in [2.75, 3.05) is 39.9 Å². The fourth-order valence-corrected chi connectivity index (χ4v) is 3.54. The van der Waals surface area contributed by atoms with Gasteiger partial charge in [0.05, 0.1) is 19.8 Å². The zero-order chi connectivity index (χ0) is 20.9. The summed E-state index contributed by atoms with van der Waals surface area (Å²) in [5.74, 6) is 1.05.